The largest absolute Gasteiger partial charge is 0.493 e. The van der Waals surface area contributed by atoms with Crippen molar-refractivity contribution in [3.63, 3.8) is 0 Å². The molecule has 3 nitrogen and oxygen atoms in total. The van der Waals surface area contributed by atoms with Crippen molar-refractivity contribution in [1.29, 1.82) is 0 Å². The van der Waals surface area contributed by atoms with E-state index in [1.165, 1.54) is 0 Å². The molecule has 0 fully saturated rings. The number of hydrogen-bond donors (Lipinski definition) is 0. The van der Waals surface area contributed by atoms with Gasteiger partial charge in [0, 0.05) is 11.1 Å². The summed E-state index contributed by atoms with van der Waals surface area (Å²) in [6.45, 7) is 8.21. The molecular weight excluding hydrogens is 276 g/mol. The lowest BCUT2D eigenvalue weighted by Crippen LogP contribution is -2.03. The summed E-state index contributed by atoms with van der Waals surface area (Å²) in [5.74, 6) is 1.32. The molecule has 0 saturated heterocycles. The SMILES string of the molecule is CC.COc1c(C)cc(C=O)c(C)c1OCc1ccccc1. The van der Waals surface area contributed by atoms with Gasteiger partial charge >= 0.3 is 0 Å². The molecule has 22 heavy (non-hydrogen) atoms. The van der Waals surface area contributed by atoms with Crippen LogP contribution in [0.2, 0.25) is 0 Å². The molecular formula is C19H24O3. The first-order valence-electron chi connectivity index (χ1n) is 7.47. The first kappa shape index (κ1) is 17.8. The average molecular weight is 300 g/mol. The molecule has 0 atom stereocenters. The molecule has 0 saturated carbocycles. The van der Waals surface area contributed by atoms with Crippen LogP contribution in [0.4, 0.5) is 0 Å². The minimum atomic E-state index is 0.444. The van der Waals surface area contributed by atoms with Crippen molar-refractivity contribution in [2.75, 3.05) is 7.11 Å². The Balaban J connectivity index is 0.00000116. The number of methoxy groups -OCH3 is 1. The van der Waals surface area contributed by atoms with E-state index in [0.29, 0.717) is 23.7 Å². The van der Waals surface area contributed by atoms with E-state index in [9.17, 15) is 4.79 Å². The van der Waals surface area contributed by atoms with Crippen molar-refractivity contribution in [2.45, 2.75) is 34.3 Å². The van der Waals surface area contributed by atoms with Crippen molar-refractivity contribution in [3.8, 4) is 11.5 Å². The van der Waals surface area contributed by atoms with Crippen molar-refractivity contribution < 1.29 is 14.3 Å². The molecule has 0 N–H and O–H groups in total. The van der Waals surface area contributed by atoms with Gasteiger partial charge in [0.05, 0.1) is 7.11 Å². The molecule has 2 aromatic carbocycles. The molecule has 0 amide bonds. The van der Waals surface area contributed by atoms with E-state index < -0.39 is 0 Å². The Bertz CT molecular complexity index is 604. The highest BCUT2D eigenvalue weighted by molar-refractivity contribution is 5.80. The van der Waals surface area contributed by atoms with Gasteiger partial charge in [-0.2, -0.15) is 0 Å². The second-order valence-electron chi connectivity index (χ2n) is 4.66. The maximum Gasteiger partial charge on any atom is 0.165 e. The number of hydrogen-bond acceptors (Lipinski definition) is 3. The Morgan fingerprint density at radius 3 is 2.23 bits per heavy atom. The van der Waals surface area contributed by atoms with Crippen LogP contribution in [0.15, 0.2) is 36.4 Å². The average Bonchev–Trinajstić information content (AvgIpc) is 2.57. The molecule has 2 aromatic rings. The Morgan fingerprint density at radius 2 is 1.68 bits per heavy atom. The Morgan fingerprint density at radius 1 is 1.05 bits per heavy atom. The van der Waals surface area contributed by atoms with Gasteiger partial charge in [0.2, 0.25) is 0 Å². The van der Waals surface area contributed by atoms with Gasteiger partial charge in [-0.25, -0.2) is 0 Å². The van der Waals surface area contributed by atoms with Crippen LogP contribution in [0.5, 0.6) is 11.5 Å². The quantitative estimate of drug-likeness (QED) is 0.749. The maximum absolute atomic E-state index is 11.1. The Hall–Kier alpha value is -2.29. The zero-order valence-electron chi connectivity index (χ0n) is 14.0. The summed E-state index contributed by atoms with van der Waals surface area (Å²) >= 11 is 0. The highest BCUT2D eigenvalue weighted by atomic mass is 16.5. The van der Waals surface area contributed by atoms with Crippen LogP contribution in [0, 0.1) is 13.8 Å². The summed E-state index contributed by atoms with van der Waals surface area (Å²) < 4.78 is 11.3. The standard InChI is InChI=1S/C17H18O3.C2H6/c1-12-9-15(10-18)13(2)17(16(12)19-3)20-11-14-7-5-4-6-8-14;1-2/h4-10H,11H2,1-3H3;1-2H3. The van der Waals surface area contributed by atoms with Gasteiger partial charge in [0.1, 0.15) is 12.9 Å². The first-order chi connectivity index (χ1) is 10.7. The molecule has 0 aliphatic rings. The normalized spacial score (nSPS) is 9.50. The monoisotopic (exact) mass is 300 g/mol. The van der Waals surface area contributed by atoms with E-state index in [1.807, 2.05) is 64.1 Å². The minimum Gasteiger partial charge on any atom is -0.493 e. The summed E-state index contributed by atoms with van der Waals surface area (Å²) in [5.41, 5.74) is 3.40. The van der Waals surface area contributed by atoms with E-state index in [-0.39, 0.29) is 0 Å². The lowest BCUT2D eigenvalue weighted by molar-refractivity contribution is 0.112. The van der Waals surface area contributed by atoms with E-state index in [4.69, 9.17) is 9.47 Å². The fourth-order valence-corrected chi connectivity index (χ4v) is 2.17. The van der Waals surface area contributed by atoms with Gasteiger partial charge in [0.15, 0.2) is 11.5 Å². The van der Waals surface area contributed by atoms with Crippen LogP contribution in [0.3, 0.4) is 0 Å². The molecule has 118 valence electrons. The second-order valence-corrected chi connectivity index (χ2v) is 4.66. The number of rotatable bonds is 5. The number of carbonyl (C=O) groups excluding carboxylic acids is 1. The van der Waals surface area contributed by atoms with E-state index in [0.717, 1.165) is 23.0 Å². The highest BCUT2D eigenvalue weighted by Crippen LogP contribution is 2.36. The zero-order valence-corrected chi connectivity index (χ0v) is 14.0. The van der Waals surface area contributed by atoms with Crippen LogP contribution in [0.1, 0.15) is 40.9 Å². The van der Waals surface area contributed by atoms with Gasteiger partial charge in [-0.3, -0.25) is 4.79 Å². The first-order valence-corrected chi connectivity index (χ1v) is 7.47. The third-order valence-electron chi connectivity index (χ3n) is 3.27. The van der Waals surface area contributed by atoms with Crippen LogP contribution in [-0.2, 0) is 6.61 Å². The second kappa shape index (κ2) is 8.88. The number of ether oxygens (including phenoxy) is 2. The van der Waals surface area contributed by atoms with E-state index in [1.54, 1.807) is 7.11 Å². The van der Waals surface area contributed by atoms with Gasteiger partial charge in [-0.15, -0.1) is 0 Å². The number of carbonyl (C=O) groups is 1. The van der Waals surface area contributed by atoms with Crippen LogP contribution in [0.25, 0.3) is 0 Å². The zero-order chi connectivity index (χ0) is 16.5. The molecule has 0 bridgehead atoms. The third kappa shape index (κ3) is 4.10. The number of aryl methyl sites for hydroxylation is 1. The van der Waals surface area contributed by atoms with Crippen molar-refractivity contribution >= 4 is 6.29 Å². The lowest BCUT2D eigenvalue weighted by Gasteiger charge is -2.17. The van der Waals surface area contributed by atoms with Gasteiger partial charge < -0.3 is 9.47 Å². The topological polar surface area (TPSA) is 35.5 Å². The van der Waals surface area contributed by atoms with Gasteiger partial charge in [-0.1, -0.05) is 44.2 Å². The fourth-order valence-electron chi connectivity index (χ4n) is 2.17. The smallest absolute Gasteiger partial charge is 0.165 e. The fraction of sp³-hybridized carbons (Fsp3) is 0.316. The summed E-state index contributed by atoms with van der Waals surface area (Å²) in [6, 6.07) is 11.7. The highest BCUT2D eigenvalue weighted by Gasteiger charge is 2.15. The maximum atomic E-state index is 11.1. The van der Waals surface area contributed by atoms with Crippen molar-refractivity contribution in [3.05, 3.63) is 58.7 Å². The van der Waals surface area contributed by atoms with E-state index >= 15 is 0 Å². The molecule has 0 aliphatic carbocycles. The van der Waals surface area contributed by atoms with Crippen LogP contribution >= 0.6 is 0 Å². The predicted molar refractivity (Wildman–Crippen MR) is 90.0 cm³/mol. The molecule has 0 radical (unpaired) electrons. The summed E-state index contributed by atoms with van der Waals surface area (Å²) in [5, 5.41) is 0. The molecule has 0 spiro atoms. The van der Waals surface area contributed by atoms with Crippen LogP contribution in [-0.4, -0.2) is 13.4 Å². The Kier molecular flexibility index (Phi) is 7.17. The van der Waals surface area contributed by atoms with Crippen molar-refractivity contribution in [2.24, 2.45) is 0 Å². The molecule has 2 rings (SSSR count). The van der Waals surface area contributed by atoms with E-state index in [2.05, 4.69) is 0 Å². The lowest BCUT2D eigenvalue weighted by atomic mass is 10.0. The van der Waals surface area contributed by atoms with Gasteiger partial charge in [-0.05, 0) is 31.0 Å². The van der Waals surface area contributed by atoms with Crippen molar-refractivity contribution in [1.82, 2.24) is 0 Å². The molecule has 0 aromatic heterocycles. The third-order valence-corrected chi connectivity index (χ3v) is 3.27. The number of benzene rings is 2. The molecule has 0 unspecified atom stereocenters. The van der Waals surface area contributed by atoms with Crippen LogP contribution < -0.4 is 9.47 Å². The molecule has 0 aliphatic heterocycles. The Labute approximate surface area is 132 Å². The summed E-state index contributed by atoms with van der Waals surface area (Å²) in [4.78, 5) is 11.1. The molecule has 0 heterocycles. The molecule has 3 heteroatoms. The van der Waals surface area contributed by atoms with Gasteiger partial charge in [0.25, 0.3) is 0 Å². The minimum absolute atomic E-state index is 0.444. The summed E-state index contributed by atoms with van der Waals surface area (Å²) in [6.07, 6.45) is 0.844. The predicted octanol–water partition coefficient (Wildman–Crippen LogP) is 4.73. The number of aldehydes is 1. The summed E-state index contributed by atoms with van der Waals surface area (Å²) in [7, 11) is 1.61.